The molecule has 0 bridgehead atoms. The first kappa shape index (κ1) is 13.0. The molecule has 21 heavy (non-hydrogen) atoms. The van der Waals surface area contributed by atoms with Crippen LogP contribution in [0.3, 0.4) is 0 Å². The van der Waals surface area contributed by atoms with Crippen molar-refractivity contribution in [3.63, 3.8) is 0 Å². The van der Waals surface area contributed by atoms with Gasteiger partial charge in [-0.2, -0.15) is 5.26 Å². The fourth-order valence-corrected chi connectivity index (χ4v) is 2.15. The van der Waals surface area contributed by atoms with Gasteiger partial charge in [-0.3, -0.25) is 0 Å². The van der Waals surface area contributed by atoms with Gasteiger partial charge in [0.2, 0.25) is 0 Å². The van der Waals surface area contributed by atoms with Gasteiger partial charge in [-0.25, -0.2) is 9.97 Å². The van der Waals surface area contributed by atoms with Gasteiger partial charge in [-0.15, -0.1) is 0 Å². The van der Waals surface area contributed by atoms with Gasteiger partial charge in [-0.1, -0.05) is 42.5 Å². The Morgan fingerprint density at radius 2 is 1.57 bits per heavy atom. The summed E-state index contributed by atoms with van der Waals surface area (Å²) in [7, 11) is 0. The van der Waals surface area contributed by atoms with E-state index in [4.69, 9.17) is 5.26 Å². The second-order valence-electron chi connectivity index (χ2n) is 4.77. The van der Waals surface area contributed by atoms with Crippen LogP contribution < -0.4 is 0 Å². The number of aromatic nitrogens is 2. The van der Waals surface area contributed by atoms with Crippen LogP contribution in [0.5, 0.6) is 0 Å². The summed E-state index contributed by atoms with van der Waals surface area (Å²) in [6.07, 6.45) is 0. The highest BCUT2D eigenvalue weighted by molar-refractivity contribution is 5.64. The number of rotatable bonds is 2. The number of nitriles is 1. The minimum Gasteiger partial charge on any atom is -0.233 e. The lowest BCUT2D eigenvalue weighted by atomic mass is 10.1. The van der Waals surface area contributed by atoms with Gasteiger partial charge < -0.3 is 0 Å². The molecule has 0 aliphatic heterocycles. The average Bonchev–Trinajstić information content (AvgIpc) is 2.55. The SMILES string of the molecule is Cc1cc(-c2ccc(C#N)cc2)nc(-c2ccccc2)n1. The maximum absolute atomic E-state index is 8.86. The first-order valence-electron chi connectivity index (χ1n) is 6.68. The molecular weight excluding hydrogens is 258 g/mol. The van der Waals surface area contributed by atoms with Crippen molar-refractivity contribution in [3.05, 3.63) is 71.9 Å². The Bertz CT molecular complexity index is 800. The Morgan fingerprint density at radius 3 is 2.24 bits per heavy atom. The maximum atomic E-state index is 8.86. The van der Waals surface area contributed by atoms with E-state index in [2.05, 4.69) is 16.0 Å². The molecule has 3 heteroatoms. The van der Waals surface area contributed by atoms with E-state index in [0.717, 1.165) is 28.3 Å². The minimum absolute atomic E-state index is 0.646. The molecule has 0 N–H and O–H groups in total. The third-order valence-electron chi connectivity index (χ3n) is 3.20. The lowest BCUT2D eigenvalue weighted by Crippen LogP contribution is -1.95. The topological polar surface area (TPSA) is 49.6 Å². The molecule has 0 unspecified atom stereocenters. The summed E-state index contributed by atoms with van der Waals surface area (Å²) in [4.78, 5) is 9.14. The van der Waals surface area contributed by atoms with Crippen LogP contribution in [0.4, 0.5) is 0 Å². The molecule has 0 aliphatic rings. The summed E-state index contributed by atoms with van der Waals surface area (Å²) in [5.74, 6) is 0.718. The van der Waals surface area contributed by atoms with Crippen molar-refractivity contribution in [3.8, 4) is 28.7 Å². The second kappa shape index (κ2) is 5.56. The quantitative estimate of drug-likeness (QED) is 0.708. The summed E-state index contributed by atoms with van der Waals surface area (Å²) in [6, 6.07) is 21.4. The van der Waals surface area contributed by atoms with E-state index < -0.39 is 0 Å². The number of hydrogen-bond acceptors (Lipinski definition) is 3. The molecule has 1 aromatic heterocycles. The van der Waals surface area contributed by atoms with Gasteiger partial charge in [0, 0.05) is 16.8 Å². The lowest BCUT2D eigenvalue weighted by Gasteiger charge is -2.06. The molecule has 3 rings (SSSR count). The molecule has 0 saturated carbocycles. The predicted molar refractivity (Wildman–Crippen MR) is 82.4 cm³/mol. The van der Waals surface area contributed by atoms with Crippen LogP contribution in [0.2, 0.25) is 0 Å². The average molecular weight is 271 g/mol. The molecule has 100 valence electrons. The van der Waals surface area contributed by atoms with Gasteiger partial charge in [0.15, 0.2) is 5.82 Å². The lowest BCUT2D eigenvalue weighted by molar-refractivity contribution is 1.11. The maximum Gasteiger partial charge on any atom is 0.160 e. The van der Waals surface area contributed by atoms with Crippen LogP contribution in [-0.2, 0) is 0 Å². The fourth-order valence-electron chi connectivity index (χ4n) is 2.15. The first-order valence-corrected chi connectivity index (χ1v) is 6.68. The smallest absolute Gasteiger partial charge is 0.160 e. The summed E-state index contributed by atoms with van der Waals surface area (Å²) in [5.41, 5.74) is 4.41. The molecule has 3 aromatic rings. The molecule has 0 spiro atoms. The Morgan fingerprint density at radius 1 is 0.857 bits per heavy atom. The molecule has 0 radical (unpaired) electrons. The Kier molecular flexibility index (Phi) is 3.44. The monoisotopic (exact) mass is 271 g/mol. The van der Waals surface area contributed by atoms with Crippen molar-refractivity contribution in [1.29, 1.82) is 5.26 Å². The van der Waals surface area contributed by atoms with Gasteiger partial charge in [0.1, 0.15) is 0 Å². The van der Waals surface area contributed by atoms with Crippen molar-refractivity contribution >= 4 is 0 Å². The second-order valence-corrected chi connectivity index (χ2v) is 4.77. The minimum atomic E-state index is 0.646. The highest BCUT2D eigenvalue weighted by atomic mass is 14.9. The van der Waals surface area contributed by atoms with Gasteiger partial charge in [-0.05, 0) is 25.1 Å². The Balaban J connectivity index is 2.07. The van der Waals surface area contributed by atoms with Crippen molar-refractivity contribution < 1.29 is 0 Å². The van der Waals surface area contributed by atoms with E-state index in [-0.39, 0.29) is 0 Å². The number of aryl methyl sites for hydroxylation is 1. The molecule has 3 nitrogen and oxygen atoms in total. The molecule has 0 amide bonds. The zero-order valence-electron chi connectivity index (χ0n) is 11.6. The van der Waals surface area contributed by atoms with E-state index in [0.29, 0.717) is 5.56 Å². The predicted octanol–water partition coefficient (Wildman–Crippen LogP) is 3.99. The van der Waals surface area contributed by atoms with E-state index in [9.17, 15) is 0 Å². The van der Waals surface area contributed by atoms with Crippen LogP contribution in [0, 0.1) is 18.3 Å². The zero-order valence-corrected chi connectivity index (χ0v) is 11.6. The van der Waals surface area contributed by atoms with Crippen LogP contribution in [-0.4, -0.2) is 9.97 Å². The molecule has 0 aliphatic carbocycles. The van der Waals surface area contributed by atoms with E-state index in [1.165, 1.54) is 0 Å². The Hall–Kier alpha value is -2.99. The fraction of sp³-hybridized carbons (Fsp3) is 0.0556. The number of nitrogens with zero attached hydrogens (tertiary/aromatic N) is 3. The molecule has 2 aromatic carbocycles. The molecule has 0 fully saturated rings. The summed E-state index contributed by atoms with van der Waals surface area (Å²) in [5, 5.41) is 8.86. The standard InChI is InChI=1S/C18H13N3/c1-13-11-17(15-9-7-14(12-19)8-10-15)21-18(20-13)16-5-3-2-4-6-16/h2-11H,1H3. The third kappa shape index (κ3) is 2.80. The number of hydrogen-bond donors (Lipinski definition) is 0. The molecule has 1 heterocycles. The van der Waals surface area contributed by atoms with Gasteiger partial charge in [0.25, 0.3) is 0 Å². The Labute approximate surface area is 123 Å². The van der Waals surface area contributed by atoms with Crippen LogP contribution in [0.15, 0.2) is 60.7 Å². The molecule has 0 saturated heterocycles. The molecular formula is C18H13N3. The highest BCUT2D eigenvalue weighted by Gasteiger charge is 2.06. The largest absolute Gasteiger partial charge is 0.233 e. The van der Waals surface area contributed by atoms with Crippen LogP contribution >= 0.6 is 0 Å². The summed E-state index contributed by atoms with van der Waals surface area (Å²) in [6.45, 7) is 1.96. The van der Waals surface area contributed by atoms with Gasteiger partial charge >= 0.3 is 0 Å². The zero-order chi connectivity index (χ0) is 14.7. The van der Waals surface area contributed by atoms with Crippen molar-refractivity contribution in [2.24, 2.45) is 0 Å². The van der Waals surface area contributed by atoms with E-state index in [1.807, 2.05) is 55.5 Å². The third-order valence-corrected chi connectivity index (χ3v) is 3.20. The van der Waals surface area contributed by atoms with Crippen molar-refractivity contribution in [2.75, 3.05) is 0 Å². The van der Waals surface area contributed by atoms with E-state index in [1.54, 1.807) is 12.1 Å². The van der Waals surface area contributed by atoms with E-state index >= 15 is 0 Å². The summed E-state index contributed by atoms with van der Waals surface area (Å²) < 4.78 is 0. The molecule has 0 atom stereocenters. The summed E-state index contributed by atoms with van der Waals surface area (Å²) >= 11 is 0. The van der Waals surface area contributed by atoms with Crippen molar-refractivity contribution in [1.82, 2.24) is 9.97 Å². The first-order chi connectivity index (χ1) is 10.3. The van der Waals surface area contributed by atoms with Crippen LogP contribution in [0.25, 0.3) is 22.6 Å². The normalized spacial score (nSPS) is 10.1. The van der Waals surface area contributed by atoms with Crippen LogP contribution in [0.1, 0.15) is 11.3 Å². The van der Waals surface area contributed by atoms with Gasteiger partial charge in [0.05, 0.1) is 17.3 Å². The number of benzene rings is 2. The highest BCUT2D eigenvalue weighted by Crippen LogP contribution is 2.22. The van der Waals surface area contributed by atoms with Crippen molar-refractivity contribution in [2.45, 2.75) is 6.92 Å².